The van der Waals surface area contributed by atoms with Crippen LogP contribution in [0.2, 0.25) is 0 Å². The Balaban J connectivity index is 2.33. The molecule has 0 atom stereocenters. The number of benzene rings is 1. The van der Waals surface area contributed by atoms with Gasteiger partial charge in [-0.1, -0.05) is 0 Å². The van der Waals surface area contributed by atoms with Crippen LogP contribution in [0, 0.1) is 11.6 Å². The molecule has 0 aliphatic heterocycles. The summed E-state index contributed by atoms with van der Waals surface area (Å²) >= 11 is 0. The van der Waals surface area contributed by atoms with Crippen molar-refractivity contribution >= 4 is 23.2 Å². The predicted molar refractivity (Wildman–Crippen MR) is 65.2 cm³/mol. The lowest BCUT2D eigenvalue weighted by atomic mass is 10.2. The highest BCUT2D eigenvalue weighted by Crippen LogP contribution is 2.20. The van der Waals surface area contributed by atoms with Gasteiger partial charge < -0.3 is 16.2 Å². The third-order valence-electron chi connectivity index (χ3n) is 2.30. The van der Waals surface area contributed by atoms with Crippen LogP contribution in [0.1, 0.15) is 10.4 Å². The van der Waals surface area contributed by atoms with Crippen LogP contribution in [-0.2, 0) is 0 Å². The molecule has 98 valence electrons. The summed E-state index contributed by atoms with van der Waals surface area (Å²) in [5, 5.41) is 11.5. The van der Waals surface area contributed by atoms with Gasteiger partial charge >= 0.3 is 5.97 Å². The normalized spacial score (nSPS) is 10.2. The van der Waals surface area contributed by atoms with Crippen molar-refractivity contribution in [3.63, 3.8) is 0 Å². The number of anilines is 3. The van der Waals surface area contributed by atoms with E-state index in [1.807, 2.05) is 0 Å². The van der Waals surface area contributed by atoms with Crippen LogP contribution >= 0.6 is 0 Å². The summed E-state index contributed by atoms with van der Waals surface area (Å²) in [7, 11) is 0. The molecule has 5 nitrogen and oxygen atoms in total. The van der Waals surface area contributed by atoms with Gasteiger partial charge in [-0.2, -0.15) is 0 Å². The molecule has 0 saturated heterocycles. The van der Waals surface area contributed by atoms with Gasteiger partial charge in [0.05, 0.1) is 17.4 Å². The number of pyridine rings is 1. The zero-order chi connectivity index (χ0) is 14.0. The zero-order valence-electron chi connectivity index (χ0n) is 9.52. The molecule has 0 saturated carbocycles. The Kier molecular flexibility index (Phi) is 3.28. The highest BCUT2D eigenvalue weighted by molar-refractivity contribution is 5.94. The summed E-state index contributed by atoms with van der Waals surface area (Å²) in [6.07, 6.45) is 1.15. The van der Waals surface area contributed by atoms with E-state index in [0.717, 1.165) is 24.4 Å². The van der Waals surface area contributed by atoms with E-state index in [0.29, 0.717) is 0 Å². The summed E-state index contributed by atoms with van der Waals surface area (Å²) in [6.45, 7) is 0. The molecule has 4 N–H and O–H groups in total. The minimum absolute atomic E-state index is 0.00322. The fraction of sp³-hybridized carbons (Fsp3) is 0. The van der Waals surface area contributed by atoms with Crippen molar-refractivity contribution in [2.45, 2.75) is 0 Å². The first kappa shape index (κ1) is 12.7. The number of carboxylic acid groups (broad SMARTS) is 1. The van der Waals surface area contributed by atoms with E-state index in [-0.39, 0.29) is 22.8 Å². The maximum atomic E-state index is 13.0. The van der Waals surface area contributed by atoms with Crippen LogP contribution < -0.4 is 11.1 Å². The molecular formula is C12H9F2N3O2. The molecule has 2 aromatic rings. The van der Waals surface area contributed by atoms with E-state index in [4.69, 9.17) is 10.8 Å². The molecule has 0 radical (unpaired) electrons. The molecular weight excluding hydrogens is 256 g/mol. The van der Waals surface area contributed by atoms with E-state index >= 15 is 0 Å². The Morgan fingerprint density at radius 3 is 2.42 bits per heavy atom. The molecule has 1 aromatic carbocycles. The molecule has 1 heterocycles. The van der Waals surface area contributed by atoms with Gasteiger partial charge in [0, 0.05) is 11.8 Å². The number of nitrogens with two attached hydrogens (primary N) is 1. The van der Waals surface area contributed by atoms with Gasteiger partial charge in [-0.25, -0.2) is 18.6 Å². The maximum Gasteiger partial charge on any atom is 0.337 e. The number of nitrogens with one attached hydrogen (secondary N) is 1. The average molecular weight is 265 g/mol. The van der Waals surface area contributed by atoms with Crippen LogP contribution in [0.4, 0.5) is 26.0 Å². The first-order valence-corrected chi connectivity index (χ1v) is 5.17. The topological polar surface area (TPSA) is 88.2 Å². The molecule has 0 unspecified atom stereocenters. The lowest BCUT2D eigenvalue weighted by molar-refractivity contribution is 0.0698. The molecule has 0 bridgehead atoms. The van der Waals surface area contributed by atoms with Gasteiger partial charge in [0.2, 0.25) is 0 Å². The number of halogens is 2. The summed E-state index contributed by atoms with van der Waals surface area (Å²) in [5.74, 6) is -2.60. The van der Waals surface area contributed by atoms with Crippen molar-refractivity contribution in [1.29, 1.82) is 0 Å². The number of hydrogen-bond acceptors (Lipinski definition) is 4. The molecule has 0 aliphatic carbocycles. The van der Waals surface area contributed by atoms with E-state index in [1.54, 1.807) is 0 Å². The molecule has 19 heavy (non-hydrogen) atoms. The first-order chi connectivity index (χ1) is 8.95. The highest BCUT2D eigenvalue weighted by Gasteiger charge is 2.10. The zero-order valence-corrected chi connectivity index (χ0v) is 9.52. The van der Waals surface area contributed by atoms with E-state index in [2.05, 4.69) is 10.3 Å². The first-order valence-electron chi connectivity index (χ1n) is 5.17. The second kappa shape index (κ2) is 4.89. The van der Waals surface area contributed by atoms with Gasteiger partial charge in [-0.05, 0) is 18.2 Å². The van der Waals surface area contributed by atoms with Crippen LogP contribution in [0.25, 0.3) is 0 Å². The summed E-state index contributed by atoms with van der Waals surface area (Å²) < 4.78 is 26.0. The van der Waals surface area contributed by atoms with E-state index < -0.39 is 17.6 Å². The third-order valence-corrected chi connectivity index (χ3v) is 2.30. The molecule has 7 heteroatoms. The van der Waals surface area contributed by atoms with Crippen molar-refractivity contribution in [3.05, 3.63) is 47.7 Å². The minimum Gasteiger partial charge on any atom is -0.478 e. The highest BCUT2D eigenvalue weighted by atomic mass is 19.1. The number of nitrogen functional groups attached to an aromatic ring is 1. The number of nitrogens with zero attached hydrogens (tertiary/aromatic N) is 1. The third kappa shape index (κ3) is 2.95. The van der Waals surface area contributed by atoms with Crippen molar-refractivity contribution in [1.82, 2.24) is 4.98 Å². The fourth-order valence-electron chi connectivity index (χ4n) is 1.49. The lowest BCUT2D eigenvalue weighted by Crippen LogP contribution is -2.05. The van der Waals surface area contributed by atoms with Crippen LogP contribution in [0.15, 0.2) is 30.5 Å². The SMILES string of the molecule is Nc1cnc(Nc2cc(F)cc(F)c2)cc1C(=O)O. The molecule has 0 aliphatic rings. The van der Waals surface area contributed by atoms with Gasteiger partial charge in [0.1, 0.15) is 17.5 Å². The Morgan fingerprint density at radius 1 is 1.21 bits per heavy atom. The summed E-state index contributed by atoms with van der Waals surface area (Å²) in [6, 6.07) is 4.02. The number of carboxylic acids is 1. The largest absolute Gasteiger partial charge is 0.478 e. The molecule has 0 amide bonds. The predicted octanol–water partition coefficient (Wildman–Crippen LogP) is 2.38. The maximum absolute atomic E-state index is 13.0. The second-order valence-electron chi connectivity index (χ2n) is 3.75. The standard InChI is InChI=1S/C12H9F2N3O2/c13-6-1-7(14)3-8(2-6)17-11-4-9(12(18)19)10(15)5-16-11/h1-5H,15H2,(H,16,17)(H,18,19). The van der Waals surface area contributed by atoms with E-state index in [1.165, 1.54) is 6.07 Å². The fourth-order valence-corrected chi connectivity index (χ4v) is 1.49. The lowest BCUT2D eigenvalue weighted by Gasteiger charge is -2.08. The number of aromatic carboxylic acids is 1. The minimum atomic E-state index is -1.21. The molecule has 2 rings (SSSR count). The second-order valence-corrected chi connectivity index (χ2v) is 3.75. The van der Waals surface area contributed by atoms with Crippen molar-refractivity contribution in [2.24, 2.45) is 0 Å². The Hall–Kier alpha value is -2.70. The number of hydrogen-bond donors (Lipinski definition) is 3. The summed E-state index contributed by atoms with van der Waals surface area (Å²) in [4.78, 5) is 14.7. The van der Waals surface area contributed by atoms with Crippen LogP contribution in [-0.4, -0.2) is 16.1 Å². The Labute approximate surface area is 106 Å². The van der Waals surface area contributed by atoms with Crippen molar-refractivity contribution in [2.75, 3.05) is 11.1 Å². The Morgan fingerprint density at radius 2 is 1.84 bits per heavy atom. The average Bonchev–Trinajstić information content (AvgIpc) is 2.30. The van der Waals surface area contributed by atoms with Crippen molar-refractivity contribution < 1.29 is 18.7 Å². The smallest absolute Gasteiger partial charge is 0.337 e. The van der Waals surface area contributed by atoms with Gasteiger partial charge in [-0.15, -0.1) is 0 Å². The van der Waals surface area contributed by atoms with E-state index in [9.17, 15) is 13.6 Å². The quantitative estimate of drug-likeness (QED) is 0.793. The van der Waals surface area contributed by atoms with Crippen LogP contribution in [0.3, 0.4) is 0 Å². The molecule has 0 spiro atoms. The summed E-state index contributed by atoms with van der Waals surface area (Å²) in [5.41, 5.74) is 5.42. The molecule has 1 aromatic heterocycles. The number of rotatable bonds is 3. The van der Waals surface area contributed by atoms with Gasteiger partial charge in [0.25, 0.3) is 0 Å². The van der Waals surface area contributed by atoms with Crippen molar-refractivity contribution in [3.8, 4) is 0 Å². The monoisotopic (exact) mass is 265 g/mol. The van der Waals surface area contributed by atoms with Crippen LogP contribution in [0.5, 0.6) is 0 Å². The van der Waals surface area contributed by atoms with Gasteiger partial charge in [0.15, 0.2) is 0 Å². The number of aromatic nitrogens is 1. The Bertz CT molecular complexity index is 627. The van der Waals surface area contributed by atoms with Gasteiger partial charge in [-0.3, -0.25) is 0 Å². The number of carbonyl (C=O) groups is 1. The molecule has 0 fully saturated rings.